The predicted octanol–water partition coefficient (Wildman–Crippen LogP) is 2.80. The Hall–Kier alpha value is -4.88. The summed E-state index contributed by atoms with van der Waals surface area (Å²) in [6, 6.07) is 4.03. The molecule has 0 aliphatic carbocycles. The van der Waals surface area contributed by atoms with E-state index < -0.39 is 65.9 Å². The number of Topliss-reactive ketones (excluding diaryl/α,β-unsaturated/α-hetero) is 1. The van der Waals surface area contributed by atoms with E-state index in [4.69, 9.17) is 4.74 Å². The molecule has 5 atom stereocenters. The van der Waals surface area contributed by atoms with Crippen molar-refractivity contribution in [2.75, 3.05) is 13.1 Å². The molecule has 2 aliphatic heterocycles. The Balaban J connectivity index is 1.54. The first kappa shape index (κ1) is 38.9. The van der Waals surface area contributed by atoms with E-state index in [1.54, 1.807) is 39.5 Å². The fraction of sp³-hybridized carbons (Fsp3) is 0.568. The number of benzene rings is 1. The minimum Gasteiger partial charge on any atom is -0.444 e. The number of nitrogens with one attached hydrogen (secondary N) is 3. The summed E-state index contributed by atoms with van der Waals surface area (Å²) in [7, 11) is 0. The standard InChI is InChI=1S/C37H51N7O7/c1-7-11-27(30(45)8-2)40-34(47)29-18-26(51-37(50)43-17-14-24-12-9-10-13-25(24)20-43)21-44(29)36(49)32(23(5)6)42-35(48)31(22(3)4)41-33(46)28-19-38-15-16-39-28/h9-10,12-13,15-16,19,22-23,26-27,29,31-32H,7-8,11,14,17-18,20-21H2,1-6H3,(H,40,47)(H,41,46)(H,42,48)/t26-,27+,29+,31+,32?/m1/s1. The number of nitrogens with zero attached hydrogens (tertiary/aromatic N) is 4. The lowest BCUT2D eigenvalue weighted by atomic mass is 9.98. The number of carbonyl (C=O) groups excluding carboxylic acids is 6. The first-order valence-electron chi connectivity index (χ1n) is 17.9. The summed E-state index contributed by atoms with van der Waals surface area (Å²) >= 11 is 0. The molecule has 1 unspecified atom stereocenters. The number of ether oxygens (including phenoxy) is 1. The maximum atomic E-state index is 14.4. The molecule has 2 aromatic rings. The topological polar surface area (TPSA) is 180 Å². The number of ketones is 1. The van der Waals surface area contributed by atoms with Gasteiger partial charge in [-0.3, -0.25) is 29.0 Å². The van der Waals surface area contributed by atoms with E-state index in [1.807, 2.05) is 31.2 Å². The van der Waals surface area contributed by atoms with Gasteiger partial charge < -0.3 is 30.5 Å². The highest BCUT2D eigenvalue weighted by Gasteiger charge is 2.45. The summed E-state index contributed by atoms with van der Waals surface area (Å²) in [5.41, 5.74) is 2.25. The summed E-state index contributed by atoms with van der Waals surface area (Å²) in [6.07, 6.45) is 4.78. The lowest BCUT2D eigenvalue weighted by Gasteiger charge is -2.32. The molecule has 3 heterocycles. The molecule has 1 aromatic heterocycles. The molecule has 51 heavy (non-hydrogen) atoms. The zero-order valence-corrected chi connectivity index (χ0v) is 30.4. The van der Waals surface area contributed by atoms with E-state index in [0.717, 1.165) is 5.56 Å². The zero-order chi connectivity index (χ0) is 37.2. The van der Waals surface area contributed by atoms with Crippen molar-refractivity contribution < 1.29 is 33.5 Å². The van der Waals surface area contributed by atoms with Crippen LogP contribution in [0.15, 0.2) is 42.9 Å². The molecule has 1 fully saturated rings. The van der Waals surface area contributed by atoms with Crippen LogP contribution in [-0.2, 0) is 36.9 Å². The molecule has 5 amide bonds. The molecule has 1 saturated heterocycles. The van der Waals surface area contributed by atoms with Crippen LogP contribution >= 0.6 is 0 Å². The zero-order valence-electron chi connectivity index (χ0n) is 30.4. The van der Waals surface area contributed by atoms with Gasteiger partial charge >= 0.3 is 6.09 Å². The van der Waals surface area contributed by atoms with Crippen LogP contribution in [0.25, 0.3) is 0 Å². The van der Waals surface area contributed by atoms with Gasteiger partial charge in [-0.25, -0.2) is 9.78 Å². The van der Waals surface area contributed by atoms with Gasteiger partial charge in [-0.05, 0) is 35.8 Å². The number of fused-ring (bicyclic) bond motifs is 1. The molecule has 0 spiro atoms. The third-order valence-corrected chi connectivity index (χ3v) is 9.40. The highest BCUT2D eigenvalue weighted by atomic mass is 16.6. The van der Waals surface area contributed by atoms with Crippen LogP contribution in [0.4, 0.5) is 4.79 Å². The maximum Gasteiger partial charge on any atom is 0.410 e. The monoisotopic (exact) mass is 705 g/mol. The van der Waals surface area contributed by atoms with Crippen molar-refractivity contribution in [3.05, 3.63) is 59.7 Å². The number of amides is 5. The number of likely N-dealkylation sites (tertiary alicyclic amines) is 1. The van der Waals surface area contributed by atoms with Crippen molar-refractivity contribution in [1.82, 2.24) is 35.7 Å². The second-order valence-electron chi connectivity index (χ2n) is 13.9. The highest BCUT2D eigenvalue weighted by molar-refractivity contribution is 5.98. The molecule has 3 N–H and O–H groups in total. The molecule has 0 saturated carbocycles. The third-order valence-electron chi connectivity index (χ3n) is 9.40. The fourth-order valence-corrected chi connectivity index (χ4v) is 6.46. The number of rotatable bonds is 14. The Morgan fingerprint density at radius 1 is 0.922 bits per heavy atom. The van der Waals surface area contributed by atoms with Crippen LogP contribution in [0.3, 0.4) is 0 Å². The highest BCUT2D eigenvalue weighted by Crippen LogP contribution is 2.26. The van der Waals surface area contributed by atoms with Gasteiger partial charge in [0.05, 0.1) is 18.8 Å². The van der Waals surface area contributed by atoms with Crippen molar-refractivity contribution in [1.29, 1.82) is 0 Å². The quantitative estimate of drug-likeness (QED) is 0.267. The smallest absolute Gasteiger partial charge is 0.410 e. The average Bonchev–Trinajstić information content (AvgIpc) is 3.55. The van der Waals surface area contributed by atoms with Gasteiger partial charge in [-0.2, -0.15) is 0 Å². The molecule has 14 nitrogen and oxygen atoms in total. The molecule has 14 heteroatoms. The minimum absolute atomic E-state index is 0.0223. The van der Waals surface area contributed by atoms with E-state index in [0.29, 0.717) is 32.4 Å². The molecule has 276 valence electrons. The van der Waals surface area contributed by atoms with Crippen molar-refractivity contribution in [3.63, 3.8) is 0 Å². The molecular formula is C37H51N7O7. The van der Waals surface area contributed by atoms with Crippen LogP contribution in [0.5, 0.6) is 0 Å². The van der Waals surface area contributed by atoms with Gasteiger partial charge in [-0.15, -0.1) is 0 Å². The van der Waals surface area contributed by atoms with Crippen LogP contribution in [0, 0.1) is 11.8 Å². The Labute approximate surface area is 299 Å². The van der Waals surface area contributed by atoms with Crippen LogP contribution < -0.4 is 16.0 Å². The van der Waals surface area contributed by atoms with E-state index in [-0.39, 0.29) is 36.8 Å². The number of carbonyl (C=O) groups is 6. The molecule has 0 bridgehead atoms. The van der Waals surface area contributed by atoms with Crippen molar-refractivity contribution >= 4 is 35.5 Å². The van der Waals surface area contributed by atoms with Gasteiger partial charge in [0.15, 0.2) is 5.78 Å². The van der Waals surface area contributed by atoms with Crippen molar-refractivity contribution in [2.45, 2.75) is 110 Å². The Morgan fingerprint density at radius 3 is 2.25 bits per heavy atom. The van der Waals surface area contributed by atoms with E-state index in [1.165, 1.54) is 29.1 Å². The number of hydrogen-bond acceptors (Lipinski definition) is 9. The Bertz CT molecular complexity index is 1570. The Kier molecular flexibility index (Phi) is 13.6. The van der Waals surface area contributed by atoms with E-state index >= 15 is 0 Å². The second-order valence-corrected chi connectivity index (χ2v) is 13.9. The minimum atomic E-state index is -1.08. The summed E-state index contributed by atoms with van der Waals surface area (Å²) < 4.78 is 5.92. The van der Waals surface area contributed by atoms with E-state index in [9.17, 15) is 28.8 Å². The number of hydrogen-bond donors (Lipinski definition) is 3. The van der Waals surface area contributed by atoms with E-state index in [2.05, 4.69) is 25.9 Å². The fourth-order valence-electron chi connectivity index (χ4n) is 6.46. The van der Waals surface area contributed by atoms with Crippen LogP contribution in [-0.4, -0.2) is 98.6 Å². The molecule has 0 radical (unpaired) electrons. The summed E-state index contributed by atoms with van der Waals surface area (Å²) in [4.78, 5) is 91.7. The predicted molar refractivity (Wildman–Crippen MR) is 188 cm³/mol. The second kappa shape index (κ2) is 17.9. The molecular weight excluding hydrogens is 654 g/mol. The Morgan fingerprint density at radius 2 is 1.63 bits per heavy atom. The first-order chi connectivity index (χ1) is 24.3. The number of aromatic nitrogens is 2. The van der Waals surface area contributed by atoms with Crippen LogP contribution in [0.2, 0.25) is 0 Å². The molecule has 1 aromatic carbocycles. The SMILES string of the molecule is CCC[C@H](NC(=O)[C@@H]1C[C@@H](OC(=O)N2CCc3ccccc3C2)CN1C(=O)C(NC(=O)[C@@H](NC(=O)c1cnccn1)C(C)C)C(C)C)C(=O)CC. The lowest BCUT2D eigenvalue weighted by molar-refractivity contribution is -0.143. The normalized spacial score (nSPS) is 18.7. The van der Waals surface area contributed by atoms with Crippen LogP contribution in [0.1, 0.15) is 88.8 Å². The average molecular weight is 706 g/mol. The maximum absolute atomic E-state index is 14.4. The third kappa shape index (κ3) is 9.89. The van der Waals surface area contributed by atoms with Gasteiger partial charge in [0.1, 0.15) is 29.9 Å². The molecule has 2 aliphatic rings. The first-order valence-corrected chi connectivity index (χ1v) is 17.9. The molecule has 4 rings (SSSR count). The largest absolute Gasteiger partial charge is 0.444 e. The summed E-state index contributed by atoms with van der Waals surface area (Å²) in [5, 5.41) is 8.35. The van der Waals surface area contributed by atoms with Gasteiger partial charge in [0.25, 0.3) is 5.91 Å². The summed E-state index contributed by atoms with van der Waals surface area (Å²) in [5.74, 6) is -3.14. The van der Waals surface area contributed by atoms with Gasteiger partial charge in [0.2, 0.25) is 17.7 Å². The summed E-state index contributed by atoms with van der Waals surface area (Å²) in [6.45, 7) is 11.5. The van der Waals surface area contributed by atoms with Gasteiger partial charge in [-0.1, -0.05) is 72.2 Å². The van der Waals surface area contributed by atoms with Crippen molar-refractivity contribution in [2.24, 2.45) is 11.8 Å². The van der Waals surface area contributed by atoms with Gasteiger partial charge in [0, 0.05) is 38.3 Å². The lowest BCUT2D eigenvalue weighted by Crippen LogP contribution is -2.59. The van der Waals surface area contributed by atoms with Crippen molar-refractivity contribution in [3.8, 4) is 0 Å².